The number of hydrogen-bond donors (Lipinski definition) is 0. The van der Waals surface area contributed by atoms with Crippen molar-refractivity contribution in [3.63, 3.8) is 0 Å². The quantitative estimate of drug-likeness (QED) is 0.281. The first kappa shape index (κ1) is 9.70. The number of cyclic esters (lactones) is 1. The van der Waals surface area contributed by atoms with Crippen LogP contribution < -0.4 is 0 Å². The van der Waals surface area contributed by atoms with Crippen LogP contribution in [0.5, 0.6) is 0 Å². The van der Waals surface area contributed by atoms with Crippen LogP contribution in [0.3, 0.4) is 0 Å². The smallest absolute Gasteiger partial charge is 0.306 e. The van der Waals surface area contributed by atoms with E-state index in [-0.39, 0.29) is 31.0 Å². The summed E-state index contributed by atoms with van der Waals surface area (Å²) in [5.74, 6) is -0.640. The monoisotopic (exact) mass is 185 g/mol. The second-order valence-corrected chi connectivity index (χ2v) is 3.03. The highest BCUT2D eigenvalue weighted by atomic mass is 16.6. The molecular weight excluding hydrogens is 174 g/mol. The molecule has 1 rings (SSSR count). The van der Waals surface area contributed by atoms with Crippen molar-refractivity contribution in [1.82, 2.24) is 0 Å². The maximum Gasteiger partial charge on any atom is 0.306 e. The fourth-order valence-electron chi connectivity index (χ4n) is 1.44. The maximum absolute atomic E-state index is 10.8. The van der Waals surface area contributed by atoms with E-state index in [0.717, 1.165) is 0 Å². The van der Waals surface area contributed by atoms with Crippen LogP contribution in [0.2, 0.25) is 0 Å². The predicted octanol–water partition coefficient (Wildman–Crippen LogP) is 0.771. The lowest BCUT2D eigenvalue weighted by atomic mass is 9.99. The molecule has 5 heteroatoms. The molecule has 5 nitrogen and oxygen atoms in total. The van der Waals surface area contributed by atoms with Gasteiger partial charge in [-0.2, -0.15) is 0 Å². The second kappa shape index (κ2) is 4.02. The van der Waals surface area contributed by atoms with Gasteiger partial charge in [-0.1, -0.05) is 6.08 Å². The molecule has 13 heavy (non-hydrogen) atoms. The molecule has 0 aliphatic carbocycles. The van der Waals surface area contributed by atoms with E-state index in [9.17, 15) is 14.9 Å². The van der Waals surface area contributed by atoms with Crippen LogP contribution in [0.15, 0.2) is 12.7 Å². The SMILES string of the molecule is C=CC[C@@H]1OC(=O)C[C@H]1C[N+](=O)[O-]. The molecule has 0 aromatic heterocycles. The van der Waals surface area contributed by atoms with Crippen molar-refractivity contribution in [3.8, 4) is 0 Å². The second-order valence-electron chi connectivity index (χ2n) is 3.03. The van der Waals surface area contributed by atoms with Crippen molar-refractivity contribution in [2.24, 2.45) is 5.92 Å². The number of nitro groups is 1. The van der Waals surface area contributed by atoms with E-state index in [1.165, 1.54) is 0 Å². The molecule has 0 bridgehead atoms. The number of carbonyl (C=O) groups excluding carboxylic acids is 1. The third kappa shape index (κ3) is 2.54. The first-order chi connectivity index (χ1) is 6.13. The number of hydrogen-bond acceptors (Lipinski definition) is 4. The van der Waals surface area contributed by atoms with Crippen LogP contribution in [0.1, 0.15) is 12.8 Å². The summed E-state index contributed by atoms with van der Waals surface area (Å²) in [6, 6.07) is 0. The van der Waals surface area contributed by atoms with Gasteiger partial charge >= 0.3 is 5.97 Å². The van der Waals surface area contributed by atoms with Crippen LogP contribution in [0.4, 0.5) is 0 Å². The average molecular weight is 185 g/mol. The van der Waals surface area contributed by atoms with Crippen LogP contribution in [-0.4, -0.2) is 23.5 Å². The minimum Gasteiger partial charge on any atom is -0.461 e. The number of nitrogens with zero attached hydrogens (tertiary/aromatic N) is 1. The molecule has 0 aromatic rings. The van der Waals surface area contributed by atoms with Gasteiger partial charge in [0.2, 0.25) is 6.54 Å². The molecule has 1 saturated heterocycles. The Morgan fingerprint density at radius 3 is 3.00 bits per heavy atom. The standard InChI is InChI=1S/C8H11NO4/c1-2-3-7-6(5-9(11)12)4-8(10)13-7/h2,6-7H,1,3-5H2/t6-,7-/m0/s1. The Balaban J connectivity index is 2.54. The van der Waals surface area contributed by atoms with Gasteiger partial charge in [0.05, 0.1) is 12.3 Å². The third-order valence-corrected chi connectivity index (χ3v) is 2.02. The van der Waals surface area contributed by atoms with E-state index < -0.39 is 4.92 Å². The van der Waals surface area contributed by atoms with Gasteiger partial charge in [-0.3, -0.25) is 14.9 Å². The van der Waals surface area contributed by atoms with E-state index in [1.807, 2.05) is 0 Å². The number of esters is 1. The maximum atomic E-state index is 10.8. The van der Waals surface area contributed by atoms with Crippen LogP contribution in [0, 0.1) is 16.0 Å². The molecule has 2 atom stereocenters. The normalized spacial score (nSPS) is 26.9. The van der Waals surface area contributed by atoms with Gasteiger partial charge in [-0.05, 0) is 0 Å². The summed E-state index contributed by atoms with van der Waals surface area (Å²) in [5, 5.41) is 10.2. The van der Waals surface area contributed by atoms with Gasteiger partial charge in [-0.25, -0.2) is 0 Å². The third-order valence-electron chi connectivity index (χ3n) is 2.02. The molecule has 1 fully saturated rings. The van der Waals surface area contributed by atoms with Gasteiger partial charge in [-0.15, -0.1) is 6.58 Å². The largest absolute Gasteiger partial charge is 0.461 e. The first-order valence-corrected chi connectivity index (χ1v) is 4.05. The van der Waals surface area contributed by atoms with E-state index >= 15 is 0 Å². The lowest BCUT2D eigenvalue weighted by Crippen LogP contribution is -2.22. The van der Waals surface area contributed by atoms with Crippen molar-refractivity contribution >= 4 is 5.97 Å². The summed E-state index contributed by atoms with van der Waals surface area (Å²) in [7, 11) is 0. The minimum atomic E-state index is -0.414. The fourth-order valence-corrected chi connectivity index (χ4v) is 1.44. The van der Waals surface area contributed by atoms with Crippen LogP contribution in [-0.2, 0) is 9.53 Å². The lowest BCUT2D eigenvalue weighted by Gasteiger charge is -2.11. The topological polar surface area (TPSA) is 69.4 Å². The van der Waals surface area contributed by atoms with Crippen molar-refractivity contribution in [2.45, 2.75) is 18.9 Å². The Labute approximate surface area is 75.5 Å². The molecule has 0 spiro atoms. The molecule has 0 aromatic carbocycles. The van der Waals surface area contributed by atoms with Crippen molar-refractivity contribution in [3.05, 3.63) is 22.8 Å². The number of ether oxygens (including phenoxy) is 1. The fraction of sp³-hybridized carbons (Fsp3) is 0.625. The van der Waals surface area contributed by atoms with Gasteiger partial charge in [0, 0.05) is 11.3 Å². The number of rotatable bonds is 4. The zero-order chi connectivity index (χ0) is 9.84. The highest BCUT2D eigenvalue weighted by molar-refractivity contribution is 5.72. The van der Waals surface area contributed by atoms with Crippen LogP contribution >= 0.6 is 0 Å². The zero-order valence-corrected chi connectivity index (χ0v) is 7.14. The molecule has 72 valence electrons. The van der Waals surface area contributed by atoms with Crippen LogP contribution in [0.25, 0.3) is 0 Å². The molecule has 1 aliphatic rings. The molecule has 0 N–H and O–H groups in total. The minimum absolute atomic E-state index is 0.152. The summed E-state index contributed by atoms with van der Waals surface area (Å²) in [6.45, 7) is 3.30. The first-order valence-electron chi connectivity index (χ1n) is 4.05. The Bertz CT molecular complexity index is 238. The lowest BCUT2D eigenvalue weighted by molar-refractivity contribution is -0.489. The number of carbonyl (C=O) groups is 1. The summed E-state index contributed by atoms with van der Waals surface area (Å²) in [4.78, 5) is 20.7. The van der Waals surface area contributed by atoms with E-state index in [4.69, 9.17) is 4.74 Å². The molecule has 0 amide bonds. The predicted molar refractivity (Wildman–Crippen MR) is 44.7 cm³/mol. The zero-order valence-electron chi connectivity index (χ0n) is 7.14. The molecule has 0 unspecified atom stereocenters. The van der Waals surface area contributed by atoms with Crippen molar-refractivity contribution in [1.29, 1.82) is 0 Å². The van der Waals surface area contributed by atoms with Gasteiger partial charge in [0.1, 0.15) is 6.10 Å². The molecule has 1 aliphatic heterocycles. The highest BCUT2D eigenvalue weighted by Crippen LogP contribution is 2.24. The molecule has 1 heterocycles. The van der Waals surface area contributed by atoms with Crippen molar-refractivity contribution in [2.75, 3.05) is 6.54 Å². The molecule has 0 saturated carbocycles. The Morgan fingerprint density at radius 2 is 2.46 bits per heavy atom. The van der Waals surface area contributed by atoms with Crippen molar-refractivity contribution < 1.29 is 14.5 Å². The van der Waals surface area contributed by atoms with E-state index in [1.54, 1.807) is 6.08 Å². The van der Waals surface area contributed by atoms with Gasteiger partial charge in [0.25, 0.3) is 0 Å². The summed E-state index contributed by atoms with van der Waals surface area (Å²) in [5.41, 5.74) is 0. The summed E-state index contributed by atoms with van der Waals surface area (Å²) >= 11 is 0. The Kier molecular flexibility index (Phi) is 3.00. The summed E-state index contributed by atoms with van der Waals surface area (Å²) < 4.78 is 4.90. The highest BCUT2D eigenvalue weighted by Gasteiger charge is 2.37. The van der Waals surface area contributed by atoms with E-state index in [0.29, 0.717) is 6.42 Å². The van der Waals surface area contributed by atoms with Gasteiger partial charge in [0.15, 0.2) is 0 Å². The van der Waals surface area contributed by atoms with Gasteiger partial charge < -0.3 is 4.74 Å². The summed E-state index contributed by atoms with van der Waals surface area (Å²) in [6.07, 6.45) is 1.90. The molecule has 0 radical (unpaired) electrons. The average Bonchev–Trinajstić information content (AvgIpc) is 2.31. The molecular formula is C8H11NO4. The Morgan fingerprint density at radius 1 is 1.77 bits per heavy atom. The Hall–Kier alpha value is -1.39. The van der Waals surface area contributed by atoms with E-state index in [2.05, 4.69) is 6.58 Å².